The molecule has 0 saturated heterocycles. The predicted octanol–water partition coefficient (Wildman–Crippen LogP) is 4.03. The molecule has 1 aromatic rings. The SMILES string of the molecule is CCCCCOCC(=O)c1ccc(CCC)cc1. The van der Waals surface area contributed by atoms with E-state index >= 15 is 0 Å². The van der Waals surface area contributed by atoms with Crippen LogP contribution in [-0.2, 0) is 11.2 Å². The smallest absolute Gasteiger partial charge is 0.188 e. The molecular weight excluding hydrogens is 224 g/mol. The van der Waals surface area contributed by atoms with E-state index in [-0.39, 0.29) is 12.4 Å². The van der Waals surface area contributed by atoms with Crippen molar-refractivity contribution in [2.75, 3.05) is 13.2 Å². The molecule has 0 amide bonds. The van der Waals surface area contributed by atoms with Gasteiger partial charge >= 0.3 is 0 Å². The minimum Gasteiger partial charge on any atom is -0.373 e. The van der Waals surface area contributed by atoms with E-state index in [1.807, 2.05) is 24.3 Å². The molecular formula is C16H24O2. The van der Waals surface area contributed by atoms with Crippen molar-refractivity contribution in [3.05, 3.63) is 35.4 Å². The molecule has 100 valence electrons. The van der Waals surface area contributed by atoms with Crippen molar-refractivity contribution < 1.29 is 9.53 Å². The second-order valence-electron chi connectivity index (χ2n) is 4.63. The Morgan fingerprint density at radius 1 is 1.06 bits per heavy atom. The van der Waals surface area contributed by atoms with E-state index in [2.05, 4.69) is 13.8 Å². The molecule has 1 aromatic carbocycles. The molecule has 0 heterocycles. The molecule has 0 unspecified atom stereocenters. The lowest BCUT2D eigenvalue weighted by Gasteiger charge is -2.04. The van der Waals surface area contributed by atoms with Crippen LogP contribution in [0.2, 0.25) is 0 Å². The van der Waals surface area contributed by atoms with Gasteiger partial charge in [0, 0.05) is 12.2 Å². The Labute approximate surface area is 110 Å². The van der Waals surface area contributed by atoms with Crippen molar-refractivity contribution in [3.8, 4) is 0 Å². The Bertz CT molecular complexity index is 341. The van der Waals surface area contributed by atoms with Gasteiger partial charge in [-0.3, -0.25) is 4.79 Å². The summed E-state index contributed by atoms with van der Waals surface area (Å²) < 4.78 is 5.38. The maximum absolute atomic E-state index is 11.8. The molecule has 1 rings (SSSR count). The highest BCUT2D eigenvalue weighted by molar-refractivity contribution is 5.97. The molecule has 0 bridgehead atoms. The Morgan fingerprint density at radius 2 is 1.78 bits per heavy atom. The number of hydrogen-bond donors (Lipinski definition) is 0. The highest BCUT2D eigenvalue weighted by atomic mass is 16.5. The highest BCUT2D eigenvalue weighted by Crippen LogP contribution is 2.07. The van der Waals surface area contributed by atoms with Gasteiger partial charge in [0.15, 0.2) is 5.78 Å². The minimum atomic E-state index is 0.0783. The molecule has 2 nitrogen and oxygen atoms in total. The van der Waals surface area contributed by atoms with Crippen LogP contribution in [-0.4, -0.2) is 19.0 Å². The second-order valence-corrected chi connectivity index (χ2v) is 4.63. The van der Waals surface area contributed by atoms with Crippen LogP contribution >= 0.6 is 0 Å². The molecule has 0 spiro atoms. The third-order valence-electron chi connectivity index (χ3n) is 2.94. The fourth-order valence-electron chi connectivity index (χ4n) is 1.85. The summed E-state index contributed by atoms with van der Waals surface area (Å²) in [4.78, 5) is 11.8. The number of unbranched alkanes of at least 4 members (excludes halogenated alkanes) is 2. The molecule has 0 aromatic heterocycles. The number of rotatable bonds is 9. The Morgan fingerprint density at radius 3 is 2.39 bits per heavy atom. The van der Waals surface area contributed by atoms with Crippen LogP contribution < -0.4 is 0 Å². The van der Waals surface area contributed by atoms with E-state index in [4.69, 9.17) is 4.74 Å². The van der Waals surface area contributed by atoms with Crippen LogP contribution in [0.5, 0.6) is 0 Å². The summed E-state index contributed by atoms with van der Waals surface area (Å²) in [6.45, 7) is 5.20. The number of Topliss-reactive ketones (excluding diaryl/α,β-unsaturated/α-hetero) is 1. The number of hydrogen-bond acceptors (Lipinski definition) is 2. The monoisotopic (exact) mass is 248 g/mol. The maximum Gasteiger partial charge on any atom is 0.188 e. The van der Waals surface area contributed by atoms with Crippen molar-refractivity contribution >= 4 is 5.78 Å². The normalized spacial score (nSPS) is 10.6. The second kappa shape index (κ2) is 8.87. The number of ether oxygens (including phenoxy) is 1. The van der Waals surface area contributed by atoms with Gasteiger partial charge in [-0.2, -0.15) is 0 Å². The summed E-state index contributed by atoms with van der Waals surface area (Å²) in [5, 5.41) is 0. The lowest BCUT2D eigenvalue weighted by atomic mass is 10.1. The first-order valence-electron chi connectivity index (χ1n) is 6.97. The van der Waals surface area contributed by atoms with E-state index in [1.54, 1.807) is 0 Å². The van der Waals surface area contributed by atoms with Crippen LogP contribution in [0.3, 0.4) is 0 Å². The highest BCUT2D eigenvalue weighted by Gasteiger charge is 2.05. The molecule has 0 saturated carbocycles. The summed E-state index contributed by atoms with van der Waals surface area (Å²) >= 11 is 0. The summed E-state index contributed by atoms with van der Waals surface area (Å²) in [5.41, 5.74) is 2.04. The van der Waals surface area contributed by atoms with Crippen LogP contribution in [0.1, 0.15) is 55.5 Å². The topological polar surface area (TPSA) is 26.3 Å². The van der Waals surface area contributed by atoms with Crippen molar-refractivity contribution in [2.45, 2.75) is 46.0 Å². The molecule has 0 atom stereocenters. The fourth-order valence-corrected chi connectivity index (χ4v) is 1.85. The largest absolute Gasteiger partial charge is 0.373 e. The van der Waals surface area contributed by atoms with Gasteiger partial charge in [0.25, 0.3) is 0 Å². The summed E-state index contributed by atoms with van der Waals surface area (Å²) in [7, 11) is 0. The standard InChI is InChI=1S/C16H24O2/c1-3-5-6-12-18-13-16(17)15-10-8-14(7-4-2)9-11-15/h8-11H,3-7,12-13H2,1-2H3. The third-order valence-corrected chi connectivity index (χ3v) is 2.94. The van der Waals surface area contributed by atoms with Crippen LogP contribution in [0.25, 0.3) is 0 Å². The van der Waals surface area contributed by atoms with Crippen molar-refractivity contribution in [3.63, 3.8) is 0 Å². The molecule has 0 aliphatic carbocycles. The van der Waals surface area contributed by atoms with Crippen LogP contribution in [0, 0.1) is 0 Å². The lowest BCUT2D eigenvalue weighted by Crippen LogP contribution is -2.09. The van der Waals surface area contributed by atoms with Gasteiger partial charge in [0.2, 0.25) is 0 Å². The Kier molecular flexibility index (Phi) is 7.35. The van der Waals surface area contributed by atoms with Crippen molar-refractivity contribution in [1.29, 1.82) is 0 Å². The van der Waals surface area contributed by atoms with E-state index in [0.29, 0.717) is 6.61 Å². The van der Waals surface area contributed by atoms with Gasteiger partial charge in [-0.05, 0) is 18.4 Å². The average Bonchev–Trinajstić information content (AvgIpc) is 2.39. The van der Waals surface area contributed by atoms with E-state index in [1.165, 1.54) is 18.4 Å². The van der Waals surface area contributed by atoms with Gasteiger partial charge in [0.05, 0.1) is 0 Å². The zero-order chi connectivity index (χ0) is 13.2. The molecule has 0 radical (unpaired) electrons. The van der Waals surface area contributed by atoms with Gasteiger partial charge in [-0.1, -0.05) is 57.4 Å². The quantitative estimate of drug-likeness (QED) is 0.487. The lowest BCUT2D eigenvalue weighted by molar-refractivity contribution is 0.0753. The summed E-state index contributed by atoms with van der Waals surface area (Å²) in [6, 6.07) is 7.88. The molecule has 18 heavy (non-hydrogen) atoms. The van der Waals surface area contributed by atoms with E-state index in [9.17, 15) is 4.79 Å². The number of carbonyl (C=O) groups excluding carboxylic acids is 1. The maximum atomic E-state index is 11.8. The Hall–Kier alpha value is -1.15. The van der Waals surface area contributed by atoms with Crippen LogP contribution in [0.15, 0.2) is 24.3 Å². The first-order chi connectivity index (χ1) is 8.77. The number of aryl methyl sites for hydroxylation is 1. The number of carbonyl (C=O) groups is 1. The average molecular weight is 248 g/mol. The predicted molar refractivity (Wildman–Crippen MR) is 75.1 cm³/mol. The first-order valence-corrected chi connectivity index (χ1v) is 6.97. The van der Waals surface area contributed by atoms with E-state index in [0.717, 1.165) is 24.8 Å². The van der Waals surface area contributed by atoms with Gasteiger partial charge in [-0.25, -0.2) is 0 Å². The zero-order valence-electron chi connectivity index (χ0n) is 11.6. The summed E-state index contributed by atoms with van der Waals surface area (Å²) in [6.07, 6.45) is 5.59. The third kappa shape index (κ3) is 5.46. The molecule has 0 fully saturated rings. The molecule has 0 aliphatic rings. The van der Waals surface area contributed by atoms with Crippen molar-refractivity contribution in [1.82, 2.24) is 0 Å². The molecule has 0 N–H and O–H groups in total. The molecule has 0 aliphatic heterocycles. The first kappa shape index (κ1) is 14.9. The van der Waals surface area contributed by atoms with Gasteiger partial charge < -0.3 is 4.74 Å². The zero-order valence-corrected chi connectivity index (χ0v) is 11.6. The van der Waals surface area contributed by atoms with E-state index < -0.39 is 0 Å². The summed E-state index contributed by atoms with van der Waals surface area (Å²) in [5.74, 6) is 0.0783. The Balaban J connectivity index is 2.32. The fraction of sp³-hybridized carbons (Fsp3) is 0.562. The number of ketones is 1. The van der Waals surface area contributed by atoms with Crippen LogP contribution in [0.4, 0.5) is 0 Å². The molecule has 2 heteroatoms. The van der Waals surface area contributed by atoms with Gasteiger partial charge in [-0.15, -0.1) is 0 Å². The van der Waals surface area contributed by atoms with Gasteiger partial charge in [0.1, 0.15) is 6.61 Å². The van der Waals surface area contributed by atoms with Crippen molar-refractivity contribution in [2.24, 2.45) is 0 Å². The number of benzene rings is 1. The minimum absolute atomic E-state index is 0.0783.